The van der Waals surface area contributed by atoms with Gasteiger partial charge in [0.15, 0.2) is 0 Å². The molecule has 1 fully saturated rings. The Labute approximate surface area is 125 Å². The van der Waals surface area contributed by atoms with Crippen LogP contribution < -0.4 is 0 Å². The molecule has 1 amide bonds. The Morgan fingerprint density at radius 3 is 2.71 bits per heavy atom. The Morgan fingerprint density at radius 2 is 2.05 bits per heavy atom. The lowest BCUT2D eigenvalue weighted by Crippen LogP contribution is -2.40. The SMILES string of the molecule is O=C(c1ccc(C#CCCO)cc1)N1CCCC(CO)C1. The van der Waals surface area contributed by atoms with Crippen molar-refractivity contribution in [2.24, 2.45) is 5.92 Å². The number of hydrogen-bond donors (Lipinski definition) is 2. The second-order valence-electron chi connectivity index (χ2n) is 5.29. The number of rotatable bonds is 3. The third-order valence-corrected chi connectivity index (χ3v) is 3.67. The fourth-order valence-electron chi connectivity index (χ4n) is 2.50. The van der Waals surface area contributed by atoms with Crippen LogP contribution >= 0.6 is 0 Å². The molecule has 1 aliphatic heterocycles. The van der Waals surface area contributed by atoms with Crippen LogP contribution in [0, 0.1) is 17.8 Å². The summed E-state index contributed by atoms with van der Waals surface area (Å²) in [7, 11) is 0. The summed E-state index contributed by atoms with van der Waals surface area (Å²) in [5.74, 6) is 6.01. The molecule has 0 aliphatic carbocycles. The van der Waals surface area contributed by atoms with E-state index in [2.05, 4.69) is 11.8 Å². The maximum Gasteiger partial charge on any atom is 0.253 e. The van der Waals surface area contributed by atoms with Crippen molar-refractivity contribution in [1.29, 1.82) is 0 Å². The Hall–Kier alpha value is -1.83. The average molecular weight is 287 g/mol. The Bertz CT molecular complexity index is 527. The summed E-state index contributed by atoms with van der Waals surface area (Å²) in [6, 6.07) is 7.22. The van der Waals surface area contributed by atoms with Gasteiger partial charge >= 0.3 is 0 Å². The van der Waals surface area contributed by atoms with Crippen molar-refractivity contribution in [2.75, 3.05) is 26.3 Å². The molecule has 0 saturated carbocycles. The first kappa shape index (κ1) is 15.6. The lowest BCUT2D eigenvalue weighted by Gasteiger charge is -2.31. The molecule has 1 saturated heterocycles. The summed E-state index contributed by atoms with van der Waals surface area (Å²) < 4.78 is 0. The summed E-state index contributed by atoms with van der Waals surface area (Å²) in [6.07, 6.45) is 2.39. The van der Waals surface area contributed by atoms with Crippen LogP contribution in [0.3, 0.4) is 0 Å². The smallest absolute Gasteiger partial charge is 0.253 e. The first-order valence-corrected chi connectivity index (χ1v) is 7.34. The minimum Gasteiger partial charge on any atom is -0.396 e. The van der Waals surface area contributed by atoms with Crippen LogP contribution in [0.25, 0.3) is 0 Å². The fourth-order valence-corrected chi connectivity index (χ4v) is 2.50. The molecule has 1 heterocycles. The first-order chi connectivity index (χ1) is 10.2. The van der Waals surface area contributed by atoms with Gasteiger partial charge in [-0.2, -0.15) is 0 Å². The summed E-state index contributed by atoms with van der Waals surface area (Å²) in [6.45, 7) is 1.59. The maximum absolute atomic E-state index is 12.4. The molecule has 1 atom stereocenters. The van der Waals surface area contributed by atoms with E-state index in [1.54, 1.807) is 12.1 Å². The van der Waals surface area contributed by atoms with Crippen LogP contribution in [0.1, 0.15) is 35.2 Å². The van der Waals surface area contributed by atoms with Crippen molar-refractivity contribution in [1.82, 2.24) is 4.90 Å². The van der Waals surface area contributed by atoms with E-state index in [0.29, 0.717) is 18.5 Å². The van der Waals surface area contributed by atoms with Gasteiger partial charge < -0.3 is 15.1 Å². The molecule has 0 radical (unpaired) electrons. The van der Waals surface area contributed by atoms with Gasteiger partial charge in [0.25, 0.3) is 5.91 Å². The molecular formula is C17H21NO3. The number of hydrogen-bond acceptors (Lipinski definition) is 3. The Kier molecular flexibility index (Phi) is 5.79. The number of nitrogens with zero attached hydrogens (tertiary/aromatic N) is 1. The van der Waals surface area contributed by atoms with E-state index in [4.69, 9.17) is 5.11 Å². The number of benzene rings is 1. The molecule has 112 valence electrons. The van der Waals surface area contributed by atoms with Crippen LogP contribution in [0.15, 0.2) is 24.3 Å². The van der Waals surface area contributed by atoms with E-state index < -0.39 is 0 Å². The molecular weight excluding hydrogens is 266 g/mol. The molecule has 0 bridgehead atoms. The monoisotopic (exact) mass is 287 g/mol. The zero-order valence-corrected chi connectivity index (χ0v) is 12.1. The van der Waals surface area contributed by atoms with Gasteiger partial charge in [0.2, 0.25) is 0 Å². The van der Waals surface area contributed by atoms with Gasteiger partial charge in [0.05, 0.1) is 6.61 Å². The standard InChI is InChI=1S/C17H21NO3/c19-11-2-1-4-14-6-8-16(9-7-14)17(21)18-10-3-5-15(12-18)13-20/h6-9,15,19-20H,2-3,5,10-13H2. The van der Waals surface area contributed by atoms with E-state index in [-0.39, 0.29) is 25.0 Å². The number of likely N-dealkylation sites (tertiary alicyclic amines) is 1. The third kappa shape index (κ3) is 4.32. The zero-order chi connectivity index (χ0) is 15.1. The van der Waals surface area contributed by atoms with Crippen LogP contribution in [-0.2, 0) is 0 Å². The molecule has 2 rings (SSSR count). The molecule has 1 aromatic rings. The summed E-state index contributed by atoms with van der Waals surface area (Å²) in [5.41, 5.74) is 1.49. The predicted octanol–water partition coefficient (Wildman–Crippen LogP) is 1.26. The van der Waals surface area contributed by atoms with Gasteiger partial charge in [0.1, 0.15) is 0 Å². The summed E-state index contributed by atoms with van der Waals surface area (Å²) in [4.78, 5) is 14.2. The fraction of sp³-hybridized carbons (Fsp3) is 0.471. The second-order valence-corrected chi connectivity index (χ2v) is 5.29. The van der Waals surface area contributed by atoms with E-state index in [0.717, 1.165) is 24.9 Å². The van der Waals surface area contributed by atoms with E-state index in [1.165, 1.54) is 0 Å². The normalized spacial score (nSPS) is 18.0. The third-order valence-electron chi connectivity index (χ3n) is 3.67. The van der Waals surface area contributed by atoms with Gasteiger partial charge in [-0.25, -0.2) is 0 Å². The lowest BCUT2D eigenvalue weighted by atomic mass is 9.98. The number of amides is 1. The van der Waals surface area contributed by atoms with E-state index >= 15 is 0 Å². The minimum absolute atomic E-state index is 0.0167. The van der Waals surface area contributed by atoms with Crippen molar-refractivity contribution in [3.63, 3.8) is 0 Å². The average Bonchev–Trinajstić information content (AvgIpc) is 2.55. The number of piperidine rings is 1. The zero-order valence-electron chi connectivity index (χ0n) is 12.1. The number of carbonyl (C=O) groups excluding carboxylic acids is 1. The lowest BCUT2D eigenvalue weighted by molar-refractivity contribution is 0.0620. The minimum atomic E-state index is 0.0167. The number of aliphatic hydroxyl groups is 2. The van der Waals surface area contributed by atoms with Gasteiger partial charge in [-0.3, -0.25) is 4.79 Å². The molecule has 2 N–H and O–H groups in total. The number of carbonyl (C=O) groups is 1. The number of aliphatic hydroxyl groups excluding tert-OH is 2. The topological polar surface area (TPSA) is 60.8 Å². The second kappa shape index (κ2) is 7.82. The molecule has 0 aromatic heterocycles. The molecule has 0 spiro atoms. The highest BCUT2D eigenvalue weighted by Crippen LogP contribution is 2.18. The Balaban J connectivity index is 2.01. The highest BCUT2D eigenvalue weighted by molar-refractivity contribution is 5.94. The summed E-state index contributed by atoms with van der Waals surface area (Å²) in [5, 5.41) is 17.9. The molecule has 21 heavy (non-hydrogen) atoms. The largest absolute Gasteiger partial charge is 0.396 e. The molecule has 1 unspecified atom stereocenters. The van der Waals surface area contributed by atoms with E-state index in [1.807, 2.05) is 17.0 Å². The first-order valence-electron chi connectivity index (χ1n) is 7.34. The van der Waals surface area contributed by atoms with Crippen molar-refractivity contribution in [2.45, 2.75) is 19.3 Å². The van der Waals surface area contributed by atoms with Crippen LogP contribution in [0.5, 0.6) is 0 Å². The molecule has 1 aliphatic rings. The maximum atomic E-state index is 12.4. The van der Waals surface area contributed by atoms with Crippen molar-refractivity contribution < 1.29 is 15.0 Å². The van der Waals surface area contributed by atoms with Gasteiger partial charge in [-0.05, 0) is 43.0 Å². The highest BCUT2D eigenvalue weighted by atomic mass is 16.3. The highest BCUT2D eigenvalue weighted by Gasteiger charge is 2.23. The molecule has 4 nitrogen and oxygen atoms in total. The predicted molar refractivity (Wildman–Crippen MR) is 80.7 cm³/mol. The van der Waals surface area contributed by atoms with Crippen LogP contribution in [0.4, 0.5) is 0 Å². The van der Waals surface area contributed by atoms with Gasteiger partial charge in [0, 0.05) is 37.2 Å². The van der Waals surface area contributed by atoms with Crippen molar-refractivity contribution in [3.05, 3.63) is 35.4 Å². The van der Waals surface area contributed by atoms with Gasteiger partial charge in [-0.1, -0.05) is 11.8 Å². The van der Waals surface area contributed by atoms with Crippen molar-refractivity contribution >= 4 is 5.91 Å². The quantitative estimate of drug-likeness (QED) is 0.823. The van der Waals surface area contributed by atoms with Crippen LogP contribution in [0.2, 0.25) is 0 Å². The van der Waals surface area contributed by atoms with E-state index in [9.17, 15) is 9.90 Å². The Morgan fingerprint density at radius 1 is 1.29 bits per heavy atom. The van der Waals surface area contributed by atoms with Crippen molar-refractivity contribution in [3.8, 4) is 11.8 Å². The van der Waals surface area contributed by atoms with Gasteiger partial charge in [-0.15, -0.1) is 0 Å². The summed E-state index contributed by atoms with van der Waals surface area (Å²) >= 11 is 0. The molecule has 1 aromatic carbocycles. The van der Waals surface area contributed by atoms with Crippen LogP contribution in [-0.4, -0.2) is 47.3 Å². The molecule has 4 heteroatoms.